The zero-order chi connectivity index (χ0) is 12.5. The number of aromatic nitrogens is 2. The van der Waals surface area contributed by atoms with Gasteiger partial charge in [0, 0.05) is 11.6 Å². The first-order valence-corrected chi connectivity index (χ1v) is 7.09. The van der Waals surface area contributed by atoms with Gasteiger partial charge in [0.1, 0.15) is 5.82 Å². The summed E-state index contributed by atoms with van der Waals surface area (Å²) in [7, 11) is 0. The van der Waals surface area contributed by atoms with Crippen molar-refractivity contribution in [3.05, 3.63) is 27.4 Å². The van der Waals surface area contributed by atoms with Crippen LogP contribution in [0.3, 0.4) is 0 Å². The maximum absolute atomic E-state index is 12.6. The first-order valence-electron chi connectivity index (χ1n) is 7.09. The quantitative estimate of drug-likeness (QED) is 0.815. The highest BCUT2D eigenvalue weighted by Crippen LogP contribution is 2.21. The van der Waals surface area contributed by atoms with Crippen molar-refractivity contribution in [2.45, 2.75) is 51.5 Å². The first-order chi connectivity index (χ1) is 8.77. The summed E-state index contributed by atoms with van der Waals surface area (Å²) < 4.78 is 1.96. The summed E-state index contributed by atoms with van der Waals surface area (Å²) in [5, 5.41) is 3.35. The standard InChI is InChI=1S/C14H21N3O/c1-10-16-13-5-3-2-4-12(13)14(18)17(10)11-6-8-15-9-7-11/h11,15H,2-9H2,1H3. The number of rotatable bonds is 1. The summed E-state index contributed by atoms with van der Waals surface area (Å²) in [6.07, 6.45) is 6.31. The molecule has 4 heteroatoms. The van der Waals surface area contributed by atoms with Crippen LogP contribution in [0.2, 0.25) is 0 Å². The second-order valence-electron chi connectivity index (χ2n) is 5.45. The molecule has 2 heterocycles. The Kier molecular flexibility index (Phi) is 3.20. The van der Waals surface area contributed by atoms with E-state index in [2.05, 4.69) is 5.32 Å². The molecule has 1 aliphatic carbocycles. The maximum Gasteiger partial charge on any atom is 0.257 e. The van der Waals surface area contributed by atoms with Gasteiger partial charge >= 0.3 is 0 Å². The molecule has 1 aromatic heterocycles. The highest BCUT2D eigenvalue weighted by molar-refractivity contribution is 5.22. The van der Waals surface area contributed by atoms with E-state index in [9.17, 15) is 4.79 Å². The lowest BCUT2D eigenvalue weighted by Crippen LogP contribution is -2.38. The molecule has 2 aliphatic rings. The van der Waals surface area contributed by atoms with Gasteiger partial charge in [-0.2, -0.15) is 0 Å². The zero-order valence-corrected chi connectivity index (χ0v) is 11.0. The van der Waals surface area contributed by atoms with Crippen molar-refractivity contribution in [3.8, 4) is 0 Å². The molecule has 4 nitrogen and oxygen atoms in total. The lowest BCUT2D eigenvalue weighted by Gasteiger charge is -2.28. The average molecular weight is 247 g/mol. The molecule has 3 rings (SSSR count). The number of nitrogens with one attached hydrogen (secondary N) is 1. The molecule has 1 aliphatic heterocycles. The van der Waals surface area contributed by atoms with Crippen molar-refractivity contribution in [3.63, 3.8) is 0 Å². The van der Waals surface area contributed by atoms with Crippen LogP contribution in [0.5, 0.6) is 0 Å². The van der Waals surface area contributed by atoms with E-state index in [0.29, 0.717) is 6.04 Å². The van der Waals surface area contributed by atoms with Crippen molar-refractivity contribution in [1.82, 2.24) is 14.9 Å². The van der Waals surface area contributed by atoms with Crippen LogP contribution >= 0.6 is 0 Å². The monoisotopic (exact) mass is 247 g/mol. The Morgan fingerprint density at radius 1 is 1.22 bits per heavy atom. The number of hydrogen-bond donors (Lipinski definition) is 1. The minimum absolute atomic E-state index is 0.240. The molecule has 98 valence electrons. The fraction of sp³-hybridized carbons (Fsp3) is 0.714. The fourth-order valence-electron chi connectivity index (χ4n) is 3.28. The lowest BCUT2D eigenvalue weighted by atomic mass is 9.96. The summed E-state index contributed by atoms with van der Waals surface area (Å²) in [5.74, 6) is 0.910. The van der Waals surface area contributed by atoms with E-state index in [-0.39, 0.29) is 5.56 Å². The Hall–Kier alpha value is -1.16. The van der Waals surface area contributed by atoms with Gasteiger partial charge in [0.15, 0.2) is 0 Å². The molecule has 0 unspecified atom stereocenters. The van der Waals surface area contributed by atoms with Gasteiger partial charge in [0.05, 0.1) is 5.69 Å². The van der Waals surface area contributed by atoms with E-state index >= 15 is 0 Å². The van der Waals surface area contributed by atoms with E-state index in [0.717, 1.165) is 62.3 Å². The number of hydrogen-bond acceptors (Lipinski definition) is 3. The molecule has 0 saturated carbocycles. The van der Waals surface area contributed by atoms with Crippen molar-refractivity contribution >= 4 is 0 Å². The molecular formula is C14H21N3O. The minimum atomic E-state index is 0.240. The van der Waals surface area contributed by atoms with E-state index in [1.807, 2.05) is 11.5 Å². The Morgan fingerprint density at radius 2 is 1.94 bits per heavy atom. The predicted octanol–water partition coefficient (Wildman–Crippen LogP) is 1.36. The van der Waals surface area contributed by atoms with E-state index in [4.69, 9.17) is 4.98 Å². The smallest absolute Gasteiger partial charge is 0.257 e. The van der Waals surface area contributed by atoms with Gasteiger partial charge in [-0.25, -0.2) is 4.98 Å². The predicted molar refractivity (Wildman–Crippen MR) is 71.0 cm³/mol. The van der Waals surface area contributed by atoms with Gasteiger partial charge in [-0.3, -0.25) is 9.36 Å². The number of nitrogens with zero attached hydrogens (tertiary/aromatic N) is 2. The van der Waals surface area contributed by atoms with Gasteiger partial charge in [0.2, 0.25) is 0 Å². The van der Waals surface area contributed by atoms with E-state index < -0.39 is 0 Å². The molecule has 0 spiro atoms. The molecule has 1 aromatic rings. The SMILES string of the molecule is Cc1nc2c(c(=O)n1C1CCNCC1)CCCC2. The Bertz CT molecular complexity index is 500. The van der Waals surface area contributed by atoms with Crippen LogP contribution in [0.1, 0.15) is 48.8 Å². The highest BCUT2D eigenvalue weighted by Gasteiger charge is 2.23. The second kappa shape index (κ2) is 4.84. The summed E-state index contributed by atoms with van der Waals surface area (Å²) in [4.78, 5) is 17.3. The topological polar surface area (TPSA) is 46.9 Å². The number of piperidine rings is 1. The largest absolute Gasteiger partial charge is 0.317 e. The molecule has 1 saturated heterocycles. The summed E-state index contributed by atoms with van der Waals surface area (Å²) in [6.45, 7) is 4.00. The molecule has 1 N–H and O–H groups in total. The van der Waals surface area contributed by atoms with Crippen LogP contribution in [-0.4, -0.2) is 22.6 Å². The summed E-state index contributed by atoms with van der Waals surface area (Å²) in [6, 6.07) is 0.346. The fourth-order valence-corrected chi connectivity index (χ4v) is 3.28. The van der Waals surface area contributed by atoms with Crippen LogP contribution in [-0.2, 0) is 12.8 Å². The molecular weight excluding hydrogens is 226 g/mol. The Morgan fingerprint density at radius 3 is 2.72 bits per heavy atom. The highest BCUT2D eigenvalue weighted by atomic mass is 16.1. The molecule has 18 heavy (non-hydrogen) atoms. The summed E-state index contributed by atoms with van der Waals surface area (Å²) in [5.41, 5.74) is 2.29. The molecule has 0 bridgehead atoms. The third-order valence-electron chi connectivity index (χ3n) is 4.23. The van der Waals surface area contributed by atoms with Gasteiger partial charge < -0.3 is 5.32 Å². The molecule has 0 atom stereocenters. The Balaban J connectivity index is 2.05. The maximum atomic E-state index is 12.6. The third-order valence-corrected chi connectivity index (χ3v) is 4.23. The van der Waals surface area contributed by atoms with Crippen LogP contribution in [0, 0.1) is 6.92 Å². The Labute approximate surface area is 107 Å². The molecule has 1 fully saturated rings. The molecule has 0 aromatic carbocycles. The zero-order valence-electron chi connectivity index (χ0n) is 11.0. The number of fused-ring (bicyclic) bond motifs is 1. The van der Waals surface area contributed by atoms with Crippen molar-refractivity contribution < 1.29 is 0 Å². The minimum Gasteiger partial charge on any atom is -0.317 e. The van der Waals surface area contributed by atoms with Gasteiger partial charge in [-0.05, 0) is 58.5 Å². The van der Waals surface area contributed by atoms with Gasteiger partial charge in [0.25, 0.3) is 5.56 Å². The van der Waals surface area contributed by atoms with Crippen LogP contribution in [0.4, 0.5) is 0 Å². The molecule has 0 amide bonds. The molecule has 0 radical (unpaired) electrons. The number of aryl methyl sites for hydroxylation is 2. The van der Waals surface area contributed by atoms with Gasteiger partial charge in [-0.1, -0.05) is 0 Å². The van der Waals surface area contributed by atoms with Crippen LogP contribution in [0.25, 0.3) is 0 Å². The lowest BCUT2D eigenvalue weighted by molar-refractivity contribution is 0.349. The average Bonchev–Trinajstić information content (AvgIpc) is 2.40. The van der Waals surface area contributed by atoms with E-state index in [1.165, 1.54) is 6.42 Å². The third kappa shape index (κ3) is 1.99. The normalized spacial score (nSPS) is 20.7. The van der Waals surface area contributed by atoms with Crippen molar-refractivity contribution in [2.24, 2.45) is 0 Å². The first kappa shape index (κ1) is 11.9. The second-order valence-corrected chi connectivity index (χ2v) is 5.45. The summed E-state index contributed by atoms with van der Waals surface area (Å²) >= 11 is 0. The van der Waals surface area contributed by atoms with Crippen molar-refractivity contribution in [2.75, 3.05) is 13.1 Å². The van der Waals surface area contributed by atoms with Crippen molar-refractivity contribution in [1.29, 1.82) is 0 Å². The van der Waals surface area contributed by atoms with E-state index in [1.54, 1.807) is 0 Å². The van der Waals surface area contributed by atoms with Crippen LogP contribution < -0.4 is 10.9 Å². The van der Waals surface area contributed by atoms with Gasteiger partial charge in [-0.15, -0.1) is 0 Å². The van der Waals surface area contributed by atoms with Crippen LogP contribution in [0.15, 0.2) is 4.79 Å².